The minimum Gasteiger partial charge on any atom is -0.481 e. The highest BCUT2D eigenvalue weighted by atomic mass is 32.2. The molecule has 0 saturated heterocycles. The molecule has 9 heteroatoms. The highest BCUT2D eigenvalue weighted by molar-refractivity contribution is 7.97. The second-order valence-electron chi connectivity index (χ2n) is 11.1. The van der Waals surface area contributed by atoms with Crippen molar-refractivity contribution in [2.24, 2.45) is 0 Å². The van der Waals surface area contributed by atoms with Crippen molar-refractivity contribution in [1.29, 1.82) is 5.26 Å². The van der Waals surface area contributed by atoms with E-state index >= 15 is 0 Å². The lowest BCUT2D eigenvalue weighted by Crippen LogP contribution is -2.28. The van der Waals surface area contributed by atoms with Gasteiger partial charge in [-0.3, -0.25) is 4.79 Å². The quantitative estimate of drug-likeness (QED) is 0.167. The van der Waals surface area contributed by atoms with E-state index in [2.05, 4.69) is 6.07 Å². The molecule has 0 aliphatic carbocycles. The zero-order valence-corrected chi connectivity index (χ0v) is 25.1. The van der Waals surface area contributed by atoms with E-state index in [-0.39, 0.29) is 18.8 Å². The van der Waals surface area contributed by atoms with Gasteiger partial charge in [0.2, 0.25) is 5.76 Å². The van der Waals surface area contributed by atoms with Crippen molar-refractivity contribution < 1.29 is 27.5 Å². The summed E-state index contributed by atoms with van der Waals surface area (Å²) in [6.45, 7) is 5.56. The van der Waals surface area contributed by atoms with E-state index in [1.807, 2.05) is 71.9 Å². The van der Waals surface area contributed by atoms with Gasteiger partial charge >= 0.3 is 12.1 Å². The van der Waals surface area contributed by atoms with Gasteiger partial charge in [0.1, 0.15) is 5.76 Å². The van der Waals surface area contributed by atoms with E-state index < -0.39 is 23.3 Å². The molecule has 224 valence electrons. The number of carboxylic acid groups (broad SMARTS) is 1. The maximum absolute atomic E-state index is 13.3. The Labute approximate surface area is 257 Å². The standard InChI is InChI=1S/C35H29F3N2O3S/c1-22-11-12-23-7-4-5-10-30(23)32(22)44-40(21-29-15-16-31(43-29)35(36,37)38)20-26-14-13-25(17-27(26)19-39)24-8-6-9-28(18-24)34(2,3)33(41)42/h4-18H,20-21H2,1-3H3,(H,41,42). The van der Waals surface area contributed by atoms with Crippen molar-refractivity contribution in [2.75, 3.05) is 0 Å². The maximum Gasteiger partial charge on any atom is 0.449 e. The number of hydrogen-bond donors (Lipinski definition) is 1. The van der Waals surface area contributed by atoms with Gasteiger partial charge < -0.3 is 9.52 Å². The Morgan fingerprint density at radius 2 is 1.68 bits per heavy atom. The first kappa shape index (κ1) is 30.9. The summed E-state index contributed by atoms with van der Waals surface area (Å²) in [6, 6.07) is 29.1. The summed E-state index contributed by atoms with van der Waals surface area (Å²) in [5, 5.41) is 21.8. The molecule has 0 atom stereocenters. The lowest BCUT2D eigenvalue weighted by Gasteiger charge is -2.23. The Morgan fingerprint density at radius 1 is 0.932 bits per heavy atom. The van der Waals surface area contributed by atoms with Gasteiger partial charge in [0.25, 0.3) is 0 Å². The largest absolute Gasteiger partial charge is 0.481 e. The zero-order chi connectivity index (χ0) is 31.6. The number of aliphatic carboxylic acids is 1. The molecule has 1 heterocycles. The number of benzene rings is 4. The summed E-state index contributed by atoms with van der Waals surface area (Å²) >= 11 is 1.41. The average Bonchev–Trinajstić information content (AvgIpc) is 3.48. The highest BCUT2D eigenvalue weighted by Crippen LogP contribution is 2.37. The lowest BCUT2D eigenvalue weighted by molar-refractivity contribution is -0.153. The van der Waals surface area contributed by atoms with Crippen molar-refractivity contribution in [1.82, 2.24) is 4.31 Å². The van der Waals surface area contributed by atoms with Crippen LogP contribution >= 0.6 is 11.9 Å². The van der Waals surface area contributed by atoms with Crippen molar-refractivity contribution >= 4 is 28.7 Å². The summed E-state index contributed by atoms with van der Waals surface area (Å²) in [4.78, 5) is 12.8. The van der Waals surface area contributed by atoms with Crippen LogP contribution in [0.5, 0.6) is 0 Å². The van der Waals surface area contributed by atoms with Crippen LogP contribution in [0.25, 0.3) is 21.9 Å². The SMILES string of the molecule is Cc1ccc2ccccc2c1SN(Cc1ccc(C(F)(F)F)o1)Cc1ccc(-c2cccc(C(C)(C)C(=O)O)c2)cc1C#N. The molecule has 0 amide bonds. The first-order valence-corrected chi connectivity index (χ1v) is 14.6. The Balaban J connectivity index is 1.50. The normalized spacial score (nSPS) is 12.0. The number of hydrogen-bond acceptors (Lipinski definition) is 5. The van der Waals surface area contributed by atoms with Crippen LogP contribution < -0.4 is 0 Å². The number of nitriles is 1. The first-order chi connectivity index (χ1) is 20.9. The van der Waals surface area contributed by atoms with Crippen LogP contribution in [0, 0.1) is 18.3 Å². The van der Waals surface area contributed by atoms with Crippen LogP contribution in [0.4, 0.5) is 13.2 Å². The van der Waals surface area contributed by atoms with E-state index in [0.717, 1.165) is 38.4 Å². The fourth-order valence-electron chi connectivity index (χ4n) is 4.91. The third-order valence-electron chi connectivity index (χ3n) is 7.60. The van der Waals surface area contributed by atoms with E-state index in [4.69, 9.17) is 4.42 Å². The average molecular weight is 615 g/mol. The lowest BCUT2D eigenvalue weighted by atomic mass is 9.83. The number of aryl methyl sites for hydroxylation is 1. The van der Waals surface area contributed by atoms with Crippen LogP contribution in [0.1, 0.15) is 47.6 Å². The first-order valence-electron chi connectivity index (χ1n) is 13.8. The number of halogens is 3. The zero-order valence-electron chi connectivity index (χ0n) is 24.3. The number of alkyl halides is 3. The summed E-state index contributed by atoms with van der Waals surface area (Å²) in [7, 11) is 0. The molecule has 0 spiro atoms. The topological polar surface area (TPSA) is 77.5 Å². The monoisotopic (exact) mass is 614 g/mol. The summed E-state index contributed by atoms with van der Waals surface area (Å²) < 4.78 is 46.9. The molecule has 0 aliphatic heterocycles. The number of rotatable bonds is 9. The fraction of sp³-hybridized carbons (Fsp3) is 0.200. The second-order valence-corrected chi connectivity index (χ2v) is 12.2. The molecule has 0 saturated carbocycles. The van der Waals surface area contributed by atoms with Crippen molar-refractivity contribution in [3.63, 3.8) is 0 Å². The molecule has 0 bridgehead atoms. The van der Waals surface area contributed by atoms with E-state index in [9.17, 15) is 28.3 Å². The second kappa shape index (κ2) is 12.2. The Kier molecular flexibility index (Phi) is 8.60. The molecule has 5 nitrogen and oxygen atoms in total. The molecule has 0 radical (unpaired) electrons. The number of fused-ring (bicyclic) bond motifs is 1. The van der Waals surface area contributed by atoms with Gasteiger partial charge in [0, 0.05) is 11.4 Å². The predicted octanol–water partition coefficient (Wildman–Crippen LogP) is 9.37. The van der Waals surface area contributed by atoms with Gasteiger partial charge in [-0.05, 0) is 89.5 Å². The summed E-state index contributed by atoms with van der Waals surface area (Å²) in [6.07, 6.45) is -4.59. The molecule has 4 aromatic carbocycles. The molecule has 5 rings (SSSR count). The van der Waals surface area contributed by atoms with Crippen LogP contribution in [-0.4, -0.2) is 15.4 Å². The van der Waals surface area contributed by atoms with E-state index in [0.29, 0.717) is 16.7 Å². The minimum atomic E-state index is -4.59. The molecule has 1 aromatic heterocycles. The Hall–Kier alpha value is -4.52. The van der Waals surface area contributed by atoms with Crippen LogP contribution in [0.2, 0.25) is 0 Å². The molecule has 44 heavy (non-hydrogen) atoms. The molecule has 0 fully saturated rings. The van der Waals surface area contributed by atoms with Gasteiger partial charge in [-0.15, -0.1) is 0 Å². The molecule has 0 unspecified atom stereocenters. The number of furan rings is 1. The molecule has 5 aromatic rings. The number of nitrogens with zero attached hydrogens (tertiary/aromatic N) is 2. The summed E-state index contributed by atoms with van der Waals surface area (Å²) in [5.41, 5.74) is 3.16. The van der Waals surface area contributed by atoms with Crippen molar-refractivity contribution in [3.05, 3.63) is 125 Å². The van der Waals surface area contributed by atoms with Gasteiger partial charge in [-0.25, -0.2) is 4.31 Å². The summed E-state index contributed by atoms with van der Waals surface area (Å²) in [5.74, 6) is -1.86. The fourth-order valence-corrected chi connectivity index (χ4v) is 6.06. The minimum absolute atomic E-state index is 0.0579. The maximum atomic E-state index is 13.3. The van der Waals surface area contributed by atoms with Crippen LogP contribution in [0.15, 0.2) is 100 Å². The highest BCUT2D eigenvalue weighted by Gasteiger charge is 2.35. The third-order valence-corrected chi connectivity index (χ3v) is 8.84. The van der Waals surface area contributed by atoms with E-state index in [1.165, 1.54) is 18.0 Å². The van der Waals surface area contributed by atoms with Crippen molar-refractivity contribution in [2.45, 2.75) is 50.3 Å². The van der Waals surface area contributed by atoms with Gasteiger partial charge in [0.05, 0.1) is 23.6 Å². The Bertz CT molecular complexity index is 1890. The van der Waals surface area contributed by atoms with E-state index in [1.54, 1.807) is 32.0 Å². The molecule has 0 aliphatic rings. The molecule has 1 N–H and O–H groups in total. The van der Waals surface area contributed by atoms with Gasteiger partial charge in [-0.2, -0.15) is 18.4 Å². The molecular formula is C35H29F3N2O3S. The van der Waals surface area contributed by atoms with Gasteiger partial charge in [-0.1, -0.05) is 72.8 Å². The van der Waals surface area contributed by atoms with Gasteiger partial charge in [0.15, 0.2) is 0 Å². The number of carbonyl (C=O) groups is 1. The predicted molar refractivity (Wildman–Crippen MR) is 165 cm³/mol. The van der Waals surface area contributed by atoms with Crippen molar-refractivity contribution in [3.8, 4) is 17.2 Å². The van der Waals surface area contributed by atoms with Crippen LogP contribution in [-0.2, 0) is 29.5 Å². The molecular weight excluding hydrogens is 585 g/mol. The Morgan fingerprint density at radius 3 is 2.39 bits per heavy atom. The smallest absolute Gasteiger partial charge is 0.449 e. The third kappa shape index (κ3) is 6.52. The number of carboxylic acids is 1. The van der Waals surface area contributed by atoms with Crippen LogP contribution in [0.3, 0.4) is 0 Å².